The summed E-state index contributed by atoms with van der Waals surface area (Å²) in [7, 11) is 0. The van der Waals surface area contributed by atoms with Crippen molar-refractivity contribution in [1.29, 1.82) is 0 Å². The third-order valence-electron chi connectivity index (χ3n) is 4.73. The van der Waals surface area contributed by atoms with Crippen LogP contribution in [0, 0.1) is 0 Å². The van der Waals surface area contributed by atoms with Crippen molar-refractivity contribution in [3.63, 3.8) is 0 Å². The van der Waals surface area contributed by atoms with Gasteiger partial charge in [0, 0.05) is 13.0 Å². The molecule has 0 radical (unpaired) electrons. The molecule has 0 saturated heterocycles. The smallest absolute Gasteiger partial charge is 0.322 e. The molecule has 15 heteroatoms. The highest BCUT2D eigenvalue weighted by Gasteiger charge is 2.29. The second-order valence-electron chi connectivity index (χ2n) is 7.76. The SMILES string of the molecule is NC(N)=NCCCC(NC(=O)C(Cc1ccc(O)cc1)NC(=O)C(N)CC(=O)O)C(=O)NCC(=O)O. The summed E-state index contributed by atoms with van der Waals surface area (Å²) < 4.78 is 0. The van der Waals surface area contributed by atoms with E-state index in [1.54, 1.807) is 0 Å². The van der Waals surface area contributed by atoms with Crippen LogP contribution in [0.25, 0.3) is 0 Å². The van der Waals surface area contributed by atoms with Crippen molar-refractivity contribution in [2.24, 2.45) is 22.2 Å². The number of amides is 3. The maximum atomic E-state index is 13.1. The van der Waals surface area contributed by atoms with Crippen molar-refractivity contribution in [2.75, 3.05) is 13.1 Å². The van der Waals surface area contributed by atoms with E-state index in [4.69, 9.17) is 27.4 Å². The number of guanidine groups is 1. The van der Waals surface area contributed by atoms with Gasteiger partial charge in [0.05, 0.1) is 12.5 Å². The number of phenols is 1. The lowest BCUT2D eigenvalue weighted by atomic mass is 10.0. The normalized spacial score (nSPS) is 12.9. The van der Waals surface area contributed by atoms with Crippen molar-refractivity contribution in [3.8, 4) is 5.75 Å². The van der Waals surface area contributed by atoms with Gasteiger partial charge >= 0.3 is 11.9 Å². The lowest BCUT2D eigenvalue weighted by Gasteiger charge is -2.24. The molecule has 1 rings (SSSR count). The molecule has 0 aromatic heterocycles. The van der Waals surface area contributed by atoms with Crippen molar-refractivity contribution in [3.05, 3.63) is 29.8 Å². The van der Waals surface area contributed by atoms with Crippen molar-refractivity contribution >= 4 is 35.6 Å². The number of aliphatic imine (C=N–C) groups is 1. The van der Waals surface area contributed by atoms with Gasteiger partial charge in [0.15, 0.2) is 5.96 Å². The Bertz CT molecular complexity index is 964. The Hall–Kier alpha value is -4.40. The number of hydrogen-bond acceptors (Lipinski definition) is 8. The van der Waals surface area contributed by atoms with E-state index < -0.39 is 60.8 Å². The van der Waals surface area contributed by atoms with Crippen molar-refractivity contribution in [1.82, 2.24) is 16.0 Å². The molecule has 1 aromatic rings. The van der Waals surface area contributed by atoms with Crippen LogP contribution < -0.4 is 33.2 Å². The zero-order valence-corrected chi connectivity index (χ0v) is 19.3. The minimum Gasteiger partial charge on any atom is -0.508 e. The van der Waals surface area contributed by atoms with E-state index >= 15 is 0 Å². The molecule has 0 fully saturated rings. The van der Waals surface area contributed by atoms with Crippen molar-refractivity contribution in [2.45, 2.75) is 43.8 Å². The predicted octanol–water partition coefficient (Wildman–Crippen LogP) is -3.04. The molecule has 0 aliphatic carbocycles. The van der Waals surface area contributed by atoms with E-state index in [0.717, 1.165) is 0 Å². The maximum absolute atomic E-state index is 13.1. The molecule has 3 atom stereocenters. The monoisotopic (exact) mass is 509 g/mol. The van der Waals surface area contributed by atoms with Gasteiger partial charge in [-0.05, 0) is 30.5 Å². The van der Waals surface area contributed by atoms with Crippen LogP contribution in [-0.4, -0.2) is 82.2 Å². The van der Waals surface area contributed by atoms with E-state index in [1.807, 2.05) is 0 Å². The van der Waals surface area contributed by atoms with Crippen LogP contribution in [0.2, 0.25) is 0 Å². The van der Waals surface area contributed by atoms with Crippen LogP contribution in [0.5, 0.6) is 5.75 Å². The fourth-order valence-corrected chi connectivity index (χ4v) is 2.97. The molecule has 12 N–H and O–H groups in total. The average molecular weight is 510 g/mol. The zero-order chi connectivity index (χ0) is 27.3. The number of carboxylic acids is 2. The number of carboxylic acid groups (broad SMARTS) is 2. The van der Waals surface area contributed by atoms with Gasteiger partial charge in [-0.25, -0.2) is 0 Å². The first kappa shape index (κ1) is 29.6. The third-order valence-corrected chi connectivity index (χ3v) is 4.73. The number of hydrogen-bond donors (Lipinski definition) is 9. The van der Waals surface area contributed by atoms with Crippen LogP contribution in [0.4, 0.5) is 0 Å². The molecule has 15 nitrogen and oxygen atoms in total. The number of nitrogens with two attached hydrogens (primary N) is 3. The number of nitrogens with one attached hydrogen (secondary N) is 3. The highest BCUT2D eigenvalue weighted by molar-refractivity contribution is 5.94. The lowest BCUT2D eigenvalue weighted by Crippen LogP contribution is -2.56. The summed E-state index contributed by atoms with van der Waals surface area (Å²) in [6.07, 6.45) is -0.478. The summed E-state index contributed by atoms with van der Waals surface area (Å²) in [5, 5.41) is 34.2. The first-order chi connectivity index (χ1) is 16.9. The Morgan fingerprint density at radius 1 is 0.889 bits per heavy atom. The Balaban J connectivity index is 3.07. The van der Waals surface area contributed by atoms with E-state index in [-0.39, 0.29) is 37.5 Å². The first-order valence-corrected chi connectivity index (χ1v) is 10.8. The van der Waals surface area contributed by atoms with Gasteiger partial charge in [-0.2, -0.15) is 0 Å². The number of aromatic hydroxyl groups is 1. The minimum absolute atomic E-state index is 0.0248. The molecular formula is C21H31N7O8. The Kier molecular flexibility index (Phi) is 12.2. The van der Waals surface area contributed by atoms with Gasteiger partial charge in [-0.1, -0.05) is 12.1 Å². The molecule has 198 valence electrons. The fraction of sp³-hybridized carbons (Fsp3) is 0.429. The highest BCUT2D eigenvalue weighted by Crippen LogP contribution is 2.12. The van der Waals surface area contributed by atoms with Crippen molar-refractivity contribution < 1.29 is 39.3 Å². The van der Waals surface area contributed by atoms with Gasteiger partial charge in [0.25, 0.3) is 0 Å². The minimum atomic E-state index is -1.44. The quantitative estimate of drug-likeness (QED) is 0.0651. The number of aliphatic carboxylic acids is 2. The highest BCUT2D eigenvalue weighted by atomic mass is 16.4. The Morgan fingerprint density at radius 2 is 1.50 bits per heavy atom. The Morgan fingerprint density at radius 3 is 2.06 bits per heavy atom. The van der Waals surface area contributed by atoms with Gasteiger partial charge in [0.1, 0.15) is 24.4 Å². The predicted molar refractivity (Wildman–Crippen MR) is 126 cm³/mol. The molecule has 0 saturated carbocycles. The summed E-state index contributed by atoms with van der Waals surface area (Å²) in [5.74, 6) is -5.30. The Labute approximate surface area is 206 Å². The molecule has 3 amide bonds. The second kappa shape index (κ2) is 14.8. The number of nitrogens with zero attached hydrogens (tertiary/aromatic N) is 1. The molecule has 3 unspecified atom stereocenters. The molecule has 0 aliphatic rings. The van der Waals surface area contributed by atoms with Crippen LogP contribution >= 0.6 is 0 Å². The fourth-order valence-electron chi connectivity index (χ4n) is 2.97. The summed E-state index contributed by atoms with van der Waals surface area (Å²) in [6, 6.07) is 1.83. The van der Waals surface area contributed by atoms with Gasteiger partial charge in [-0.3, -0.25) is 29.0 Å². The van der Waals surface area contributed by atoms with Crippen LogP contribution in [0.1, 0.15) is 24.8 Å². The summed E-state index contributed by atoms with van der Waals surface area (Å²) >= 11 is 0. The number of carbonyl (C=O) groups excluding carboxylic acids is 3. The van der Waals surface area contributed by atoms with Gasteiger partial charge < -0.3 is 48.5 Å². The second-order valence-corrected chi connectivity index (χ2v) is 7.76. The molecular weight excluding hydrogens is 478 g/mol. The molecule has 0 spiro atoms. The summed E-state index contributed by atoms with van der Waals surface area (Å²) in [6.45, 7) is -0.546. The van der Waals surface area contributed by atoms with Crippen LogP contribution in [-0.2, 0) is 30.4 Å². The van der Waals surface area contributed by atoms with Crippen LogP contribution in [0.3, 0.4) is 0 Å². The lowest BCUT2D eigenvalue weighted by molar-refractivity contribution is -0.139. The number of phenolic OH excluding ortho intramolecular Hbond substituents is 1. The first-order valence-electron chi connectivity index (χ1n) is 10.8. The molecule has 0 bridgehead atoms. The molecule has 36 heavy (non-hydrogen) atoms. The largest absolute Gasteiger partial charge is 0.508 e. The van der Waals surface area contributed by atoms with E-state index in [1.165, 1.54) is 24.3 Å². The topological polar surface area (TPSA) is 273 Å². The molecule has 0 heterocycles. The summed E-state index contributed by atoms with van der Waals surface area (Å²) in [4.78, 5) is 63.5. The molecule has 1 aromatic carbocycles. The van der Waals surface area contributed by atoms with Gasteiger partial charge in [0.2, 0.25) is 17.7 Å². The summed E-state index contributed by atoms with van der Waals surface area (Å²) in [5.41, 5.74) is 16.6. The zero-order valence-electron chi connectivity index (χ0n) is 19.3. The van der Waals surface area contributed by atoms with Gasteiger partial charge in [-0.15, -0.1) is 0 Å². The third kappa shape index (κ3) is 11.6. The maximum Gasteiger partial charge on any atom is 0.322 e. The van der Waals surface area contributed by atoms with E-state index in [2.05, 4.69) is 20.9 Å². The van der Waals surface area contributed by atoms with E-state index in [0.29, 0.717) is 5.56 Å². The number of rotatable bonds is 15. The standard InChI is InChI=1S/C21H31N7O8/c22-13(9-16(30)31)18(34)28-15(8-11-3-5-12(29)6-4-11)20(36)27-14(2-1-7-25-21(23)24)19(35)26-10-17(32)33/h3-6,13-15,29H,1-2,7-10,22H2,(H,26,35)(H,27,36)(H,28,34)(H,30,31)(H,32,33)(H4,23,24,25). The average Bonchev–Trinajstić information content (AvgIpc) is 2.79. The molecule has 0 aliphatic heterocycles. The van der Waals surface area contributed by atoms with Crippen LogP contribution in [0.15, 0.2) is 29.3 Å². The van der Waals surface area contributed by atoms with E-state index in [9.17, 15) is 29.1 Å². The number of benzene rings is 1. The number of carbonyl (C=O) groups is 5.